The number of piperidine rings is 1. The number of likely N-dealkylation sites (tertiary alicyclic amines) is 1. The molecule has 34 heavy (non-hydrogen) atoms. The molecule has 0 spiro atoms. The van der Waals surface area contributed by atoms with Gasteiger partial charge in [0.2, 0.25) is 11.8 Å². The van der Waals surface area contributed by atoms with E-state index in [0.29, 0.717) is 36.0 Å². The van der Waals surface area contributed by atoms with Crippen molar-refractivity contribution in [2.75, 3.05) is 18.0 Å². The molecule has 186 valence electrons. The number of carboxylic acid groups (broad SMARTS) is 1. The first-order valence-corrected chi connectivity index (χ1v) is 13.4. The highest BCUT2D eigenvalue weighted by Gasteiger charge is 2.41. The third kappa shape index (κ3) is 6.21. The van der Waals surface area contributed by atoms with Gasteiger partial charge >= 0.3 is 5.97 Å². The highest BCUT2D eigenvalue weighted by Crippen LogP contribution is 2.38. The lowest BCUT2D eigenvalue weighted by Crippen LogP contribution is -2.56. The van der Waals surface area contributed by atoms with Gasteiger partial charge in [-0.05, 0) is 77.7 Å². The van der Waals surface area contributed by atoms with Gasteiger partial charge in [0.25, 0.3) is 0 Å². The Hall–Kier alpha value is -2.33. The number of carbonyl (C=O) groups is 3. The van der Waals surface area contributed by atoms with Crippen LogP contribution in [-0.4, -0.2) is 46.9 Å². The van der Waals surface area contributed by atoms with Crippen LogP contribution in [0.3, 0.4) is 0 Å². The van der Waals surface area contributed by atoms with Crippen molar-refractivity contribution in [2.24, 2.45) is 17.3 Å². The number of thiophene rings is 1. The Morgan fingerprint density at radius 2 is 1.88 bits per heavy atom. The average molecular weight is 487 g/mol. The molecule has 1 aromatic rings. The summed E-state index contributed by atoms with van der Waals surface area (Å²) in [6.45, 7) is 11.6. The van der Waals surface area contributed by atoms with E-state index in [4.69, 9.17) is 0 Å². The molecule has 1 saturated carbocycles. The number of rotatable bonds is 6. The third-order valence-electron chi connectivity index (χ3n) is 6.64. The van der Waals surface area contributed by atoms with Gasteiger partial charge in [-0.25, -0.2) is 4.79 Å². The molecule has 0 radical (unpaired) electrons. The fraction of sp³-hybridized carbons (Fsp3) is 0.667. The van der Waals surface area contributed by atoms with E-state index in [1.807, 2.05) is 32.6 Å². The molecule has 7 heteroatoms. The van der Waals surface area contributed by atoms with Crippen LogP contribution in [0.2, 0.25) is 0 Å². The molecule has 2 fully saturated rings. The number of amides is 2. The summed E-state index contributed by atoms with van der Waals surface area (Å²) in [4.78, 5) is 43.7. The lowest BCUT2D eigenvalue weighted by atomic mass is 9.82. The smallest absolute Gasteiger partial charge is 0.348 e. The van der Waals surface area contributed by atoms with Crippen molar-refractivity contribution in [2.45, 2.75) is 85.6 Å². The first-order valence-electron chi connectivity index (χ1n) is 12.5. The second-order valence-corrected chi connectivity index (χ2v) is 11.8. The minimum atomic E-state index is -1.09. The predicted octanol–water partition coefficient (Wildman–Crippen LogP) is 5.40. The van der Waals surface area contributed by atoms with Gasteiger partial charge in [0.1, 0.15) is 10.9 Å². The van der Waals surface area contributed by atoms with Gasteiger partial charge in [0, 0.05) is 24.4 Å². The highest BCUT2D eigenvalue weighted by atomic mass is 32.1. The minimum absolute atomic E-state index is 0.0736. The molecular weight excluding hydrogens is 448 g/mol. The number of nitrogens with zero attached hydrogens (tertiary/aromatic N) is 2. The molecule has 2 heterocycles. The number of carboxylic acids is 1. The third-order valence-corrected chi connectivity index (χ3v) is 7.66. The quantitative estimate of drug-likeness (QED) is 0.546. The molecule has 6 nitrogen and oxygen atoms in total. The zero-order chi connectivity index (χ0) is 25.0. The van der Waals surface area contributed by atoms with Crippen LogP contribution < -0.4 is 4.90 Å². The molecule has 1 N–H and O–H groups in total. The highest BCUT2D eigenvalue weighted by molar-refractivity contribution is 7.15. The van der Waals surface area contributed by atoms with Gasteiger partial charge in [-0.2, -0.15) is 0 Å². The van der Waals surface area contributed by atoms with E-state index in [2.05, 4.69) is 18.8 Å². The molecule has 1 saturated heterocycles. The molecule has 0 bridgehead atoms. The number of hydrogen-bond acceptors (Lipinski definition) is 4. The monoisotopic (exact) mass is 486 g/mol. The van der Waals surface area contributed by atoms with E-state index in [9.17, 15) is 19.5 Å². The predicted molar refractivity (Wildman–Crippen MR) is 136 cm³/mol. The summed E-state index contributed by atoms with van der Waals surface area (Å²) >= 11 is 1.09. The first-order chi connectivity index (χ1) is 16.0. The second-order valence-electron chi connectivity index (χ2n) is 10.8. The summed E-state index contributed by atoms with van der Waals surface area (Å²) in [7, 11) is 0. The van der Waals surface area contributed by atoms with Crippen molar-refractivity contribution in [1.82, 2.24) is 4.90 Å². The Morgan fingerprint density at radius 1 is 1.21 bits per heavy atom. The Morgan fingerprint density at radius 3 is 2.47 bits per heavy atom. The molecule has 1 aromatic heterocycles. The van der Waals surface area contributed by atoms with Crippen molar-refractivity contribution in [3.63, 3.8) is 0 Å². The van der Waals surface area contributed by atoms with Gasteiger partial charge in [-0.15, -0.1) is 11.3 Å². The normalized spacial score (nSPS) is 23.3. The molecule has 3 rings (SSSR count). The molecule has 2 amide bonds. The van der Waals surface area contributed by atoms with E-state index in [-0.39, 0.29) is 28.0 Å². The van der Waals surface area contributed by atoms with Gasteiger partial charge < -0.3 is 10.0 Å². The summed E-state index contributed by atoms with van der Waals surface area (Å²) in [5.41, 5.74) is 0.0954. The van der Waals surface area contributed by atoms with Crippen molar-refractivity contribution in [3.8, 4) is 11.8 Å². The van der Waals surface area contributed by atoms with Gasteiger partial charge in [-0.1, -0.05) is 25.7 Å². The minimum Gasteiger partial charge on any atom is -0.477 e. The molecule has 1 aliphatic heterocycles. The Balaban J connectivity index is 2.07. The summed E-state index contributed by atoms with van der Waals surface area (Å²) in [6.07, 6.45) is 5.69. The molecule has 1 atom stereocenters. The van der Waals surface area contributed by atoms with Crippen molar-refractivity contribution < 1.29 is 19.5 Å². The summed E-state index contributed by atoms with van der Waals surface area (Å²) in [5.74, 6) is 5.38. The van der Waals surface area contributed by atoms with E-state index >= 15 is 0 Å². The van der Waals surface area contributed by atoms with Crippen molar-refractivity contribution in [3.05, 3.63) is 15.8 Å². The van der Waals surface area contributed by atoms with Gasteiger partial charge in [0.05, 0.1) is 10.6 Å². The van der Waals surface area contributed by atoms with Crippen molar-refractivity contribution >= 4 is 34.8 Å². The maximum absolute atomic E-state index is 13.9. The fourth-order valence-electron chi connectivity index (χ4n) is 4.82. The fourth-order valence-corrected chi connectivity index (χ4v) is 5.66. The Kier molecular flexibility index (Phi) is 8.46. The zero-order valence-corrected chi connectivity index (χ0v) is 22.0. The van der Waals surface area contributed by atoms with Crippen LogP contribution in [0.25, 0.3) is 0 Å². The van der Waals surface area contributed by atoms with Crippen LogP contribution in [0.1, 0.15) is 94.1 Å². The van der Waals surface area contributed by atoms with E-state index in [0.717, 1.165) is 49.9 Å². The molecule has 1 aliphatic carbocycles. The van der Waals surface area contributed by atoms with Gasteiger partial charge in [-0.3, -0.25) is 14.5 Å². The molecular formula is C27H38N2O4S. The number of aromatic carboxylic acids is 1. The lowest BCUT2D eigenvalue weighted by Gasteiger charge is -2.40. The Bertz CT molecular complexity index is 971. The maximum Gasteiger partial charge on any atom is 0.348 e. The topological polar surface area (TPSA) is 77.9 Å². The van der Waals surface area contributed by atoms with Gasteiger partial charge in [0.15, 0.2) is 0 Å². The standard InChI is InChI=1S/C27H38N2O4S/c1-6-15-28-16-7-8-21(25(28)31)29(24(30)19-11-9-18(2)10-12-19)22-17-20(13-14-27(3,4)5)34-23(22)26(32)33/h17-19,21H,6-12,15-16H2,1-5H3,(H,32,33)/t18-,19-,21-/m0/s1. The van der Waals surface area contributed by atoms with Crippen LogP contribution in [0.15, 0.2) is 6.07 Å². The van der Waals surface area contributed by atoms with E-state index in [1.54, 1.807) is 11.0 Å². The average Bonchev–Trinajstić information content (AvgIpc) is 3.19. The SMILES string of the molecule is CCCN1CCC[C@H](N(c2cc(C#CC(C)(C)C)sc2C(=O)O)C(=O)[C@H]2CC[C@H](C)CC2)C1=O. The van der Waals surface area contributed by atoms with Crippen molar-refractivity contribution in [1.29, 1.82) is 0 Å². The molecule has 0 aromatic carbocycles. The summed E-state index contributed by atoms with van der Waals surface area (Å²) in [6, 6.07) is 1.05. The zero-order valence-electron chi connectivity index (χ0n) is 21.1. The van der Waals surface area contributed by atoms with Crippen LogP contribution in [0.5, 0.6) is 0 Å². The largest absolute Gasteiger partial charge is 0.477 e. The number of hydrogen-bond donors (Lipinski definition) is 1. The van der Waals surface area contributed by atoms with Crippen LogP contribution in [0.4, 0.5) is 5.69 Å². The number of carbonyl (C=O) groups excluding carboxylic acids is 2. The van der Waals surface area contributed by atoms with E-state index in [1.165, 1.54) is 0 Å². The second kappa shape index (κ2) is 10.9. The first kappa shape index (κ1) is 26.3. The van der Waals surface area contributed by atoms with Crippen LogP contribution in [0, 0.1) is 29.1 Å². The van der Waals surface area contributed by atoms with E-state index < -0.39 is 12.0 Å². The lowest BCUT2D eigenvalue weighted by molar-refractivity contribution is -0.137. The maximum atomic E-state index is 13.9. The van der Waals surface area contributed by atoms with Crippen LogP contribution in [-0.2, 0) is 9.59 Å². The van der Waals surface area contributed by atoms with Crippen LogP contribution >= 0.6 is 11.3 Å². The Labute approximate surface area is 207 Å². The molecule has 2 aliphatic rings. The number of anilines is 1. The summed E-state index contributed by atoms with van der Waals surface area (Å²) < 4.78 is 0. The molecule has 0 unspecified atom stereocenters. The summed E-state index contributed by atoms with van der Waals surface area (Å²) in [5, 5.41) is 10.0.